The first kappa shape index (κ1) is 16.6. The first-order chi connectivity index (χ1) is 10.9. The highest BCUT2D eigenvalue weighted by Gasteiger charge is 2.03. The molecule has 3 aromatic rings. The number of fused-ring (bicyclic) bond motifs is 1. The fourth-order valence-corrected chi connectivity index (χ4v) is 2.21. The van der Waals surface area contributed by atoms with Crippen molar-refractivity contribution in [3.63, 3.8) is 0 Å². The lowest BCUT2D eigenvalue weighted by Crippen LogP contribution is -1.94. The summed E-state index contributed by atoms with van der Waals surface area (Å²) in [6.45, 7) is 1.72. The van der Waals surface area contributed by atoms with Gasteiger partial charge < -0.3 is 15.9 Å². The van der Waals surface area contributed by atoms with Gasteiger partial charge in [-0.2, -0.15) is 0 Å². The predicted molar refractivity (Wildman–Crippen MR) is 93.2 cm³/mol. The highest BCUT2D eigenvalue weighted by atomic mass is 35.5. The van der Waals surface area contributed by atoms with E-state index in [9.17, 15) is 9.90 Å². The second-order valence-electron chi connectivity index (χ2n) is 4.98. The summed E-state index contributed by atoms with van der Waals surface area (Å²) < 4.78 is 0. The summed E-state index contributed by atoms with van der Waals surface area (Å²) in [5.74, 6) is -0.813. The Hall–Kier alpha value is -2.72. The smallest absolute Gasteiger partial charge is 0.335 e. The van der Waals surface area contributed by atoms with Gasteiger partial charge in [-0.25, -0.2) is 4.79 Å². The SMILES string of the molecule is Cc1c(N)ccc(Cl)c1O.O=C(O)c1ccc2ccccc2c1. The molecule has 4 N–H and O–H groups in total. The topological polar surface area (TPSA) is 83.5 Å². The number of aromatic hydroxyl groups is 1. The largest absolute Gasteiger partial charge is 0.506 e. The van der Waals surface area contributed by atoms with E-state index in [4.69, 9.17) is 22.4 Å². The molecule has 0 amide bonds. The van der Waals surface area contributed by atoms with Crippen molar-refractivity contribution in [1.29, 1.82) is 0 Å². The molecule has 0 heterocycles. The van der Waals surface area contributed by atoms with Crippen LogP contribution in [-0.4, -0.2) is 16.2 Å². The highest BCUT2D eigenvalue weighted by molar-refractivity contribution is 6.32. The molecule has 0 aliphatic carbocycles. The Kier molecular flexibility index (Phi) is 5.09. The normalized spacial score (nSPS) is 10.0. The molecule has 3 rings (SSSR count). The number of carbonyl (C=O) groups is 1. The number of aromatic carboxylic acids is 1. The molecule has 0 aromatic heterocycles. The number of benzene rings is 3. The van der Waals surface area contributed by atoms with Crippen LogP contribution in [0.25, 0.3) is 10.8 Å². The van der Waals surface area contributed by atoms with Gasteiger partial charge in [-0.15, -0.1) is 0 Å². The van der Waals surface area contributed by atoms with Crippen molar-refractivity contribution in [2.45, 2.75) is 6.92 Å². The number of nitrogen functional groups attached to an aromatic ring is 1. The molecule has 0 aliphatic heterocycles. The minimum atomic E-state index is -0.884. The molecule has 0 spiro atoms. The van der Waals surface area contributed by atoms with E-state index in [1.807, 2.05) is 30.3 Å². The summed E-state index contributed by atoms with van der Waals surface area (Å²) in [6.07, 6.45) is 0. The molecule has 0 fully saturated rings. The minimum Gasteiger partial charge on any atom is -0.506 e. The molecule has 0 radical (unpaired) electrons. The van der Waals surface area contributed by atoms with Gasteiger partial charge in [0.15, 0.2) is 0 Å². The van der Waals surface area contributed by atoms with Crippen molar-refractivity contribution in [1.82, 2.24) is 0 Å². The maximum atomic E-state index is 10.6. The van der Waals surface area contributed by atoms with E-state index < -0.39 is 5.97 Å². The third-order valence-corrected chi connectivity index (χ3v) is 3.73. The van der Waals surface area contributed by atoms with Gasteiger partial charge in [0, 0.05) is 11.3 Å². The third kappa shape index (κ3) is 3.93. The van der Waals surface area contributed by atoms with Crippen molar-refractivity contribution in [2.75, 3.05) is 5.73 Å². The summed E-state index contributed by atoms with van der Waals surface area (Å²) >= 11 is 5.58. The van der Waals surface area contributed by atoms with E-state index in [0.717, 1.165) is 10.8 Å². The molecule has 0 aliphatic rings. The molecule has 0 unspecified atom stereocenters. The summed E-state index contributed by atoms with van der Waals surface area (Å²) in [4.78, 5) is 10.6. The molecule has 5 heteroatoms. The zero-order chi connectivity index (χ0) is 17.0. The van der Waals surface area contributed by atoms with Gasteiger partial charge in [0.25, 0.3) is 0 Å². The van der Waals surface area contributed by atoms with Gasteiger partial charge in [0.05, 0.1) is 10.6 Å². The number of nitrogens with two attached hydrogens (primary N) is 1. The lowest BCUT2D eigenvalue weighted by molar-refractivity contribution is 0.0697. The van der Waals surface area contributed by atoms with Gasteiger partial charge >= 0.3 is 5.97 Å². The lowest BCUT2D eigenvalue weighted by atomic mass is 10.1. The number of hydrogen-bond donors (Lipinski definition) is 3. The zero-order valence-electron chi connectivity index (χ0n) is 12.5. The van der Waals surface area contributed by atoms with E-state index in [-0.39, 0.29) is 5.75 Å². The Labute approximate surface area is 138 Å². The first-order valence-corrected chi connectivity index (χ1v) is 7.23. The van der Waals surface area contributed by atoms with Gasteiger partial charge in [-0.1, -0.05) is 41.9 Å². The molecule has 0 atom stereocenters. The fraction of sp³-hybridized carbons (Fsp3) is 0.0556. The van der Waals surface area contributed by atoms with Crippen LogP contribution in [0, 0.1) is 6.92 Å². The summed E-state index contributed by atoms with van der Waals surface area (Å²) in [6, 6.07) is 16.0. The molecule has 0 saturated heterocycles. The molecule has 3 aromatic carbocycles. The highest BCUT2D eigenvalue weighted by Crippen LogP contribution is 2.30. The molecular weight excluding hydrogens is 314 g/mol. The summed E-state index contributed by atoms with van der Waals surface area (Å²) in [7, 11) is 0. The average Bonchev–Trinajstić information content (AvgIpc) is 2.56. The summed E-state index contributed by atoms with van der Waals surface area (Å²) in [5, 5.41) is 20.3. The van der Waals surface area contributed by atoms with Crippen LogP contribution in [0.15, 0.2) is 54.6 Å². The van der Waals surface area contributed by atoms with E-state index in [1.165, 1.54) is 0 Å². The van der Waals surface area contributed by atoms with Gasteiger partial charge in [-0.05, 0) is 42.0 Å². The molecule has 0 bridgehead atoms. The quantitative estimate of drug-likeness (QED) is 0.575. The molecule has 0 saturated carbocycles. The maximum Gasteiger partial charge on any atom is 0.335 e. The first-order valence-electron chi connectivity index (χ1n) is 6.86. The van der Waals surface area contributed by atoms with Crippen molar-refractivity contribution < 1.29 is 15.0 Å². The Morgan fingerprint density at radius 2 is 1.70 bits per heavy atom. The Morgan fingerprint density at radius 1 is 1.04 bits per heavy atom. The number of anilines is 1. The minimum absolute atomic E-state index is 0.0710. The molecular formula is C18H16ClNO3. The van der Waals surface area contributed by atoms with Crippen LogP contribution < -0.4 is 5.73 Å². The number of carboxylic acid groups (broad SMARTS) is 1. The average molecular weight is 330 g/mol. The standard InChI is InChI=1S/C11H8O2.C7H8ClNO/c12-11(13)10-6-5-8-3-1-2-4-9(8)7-10;1-4-6(9)3-2-5(8)7(4)10/h1-7H,(H,12,13);2-3,10H,9H2,1H3. The number of carboxylic acids is 1. The maximum absolute atomic E-state index is 10.6. The van der Waals surface area contributed by atoms with Crippen LogP contribution >= 0.6 is 11.6 Å². The molecule has 4 nitrogen and oxygen atoms in total. The second kappa shape index (κ2) is 7.03. The van der Waals surface area contributed by atoms with Crippen molar-refractivity contribution in [3.8, 4) is 5.75 Å². The van der Waals surface area contributed by atoms with Crippen LogP contribution in [0.5, 0.6) is 5.75 Å². The van der Waals surface area contributed by atoms with E-state index in [1.54, 1.807) is 31.2 Å². The number of phenols is 1. The van der Waals surface area contributed by atoms with Crippen molar-refractivity contribution in [3.05, 3.63) is 70.7 Å². The van der Waals surface area contributed by atoms with E-state index >= 15 is 0 Å². The number of rotatable bonds is 1. The second-order valence-corrected chi connectivity index (χ2v) is 5.38. The van der Waals surface area contributed by atoms with Gasteiger partial charge in [0.1, 0.15) is 5.75 Å². The van der Waals surface area contributed by atoms with Crippen LogP contribution in [0.2, 0.25) is 5.02 Å². The van der Waals surface area contributed by atoms with Crippen LogP contribution in [0.1, 0.15) is 15.9 Å². The Balaban J connectivity index is 0.000000174. The Morgan fingerprint density at radius 3 is 2.30 bits per heavy atom. The number of halogens is 1. The number of phenolic OH excluding ortho intramolecular Hbond substituents is 1. The predicted octanol–water partition coefficient (Wildman–Crippen LogP) is 4.47. The van der Waals surface area contributed by atoms with E-state index in [2.05, 4.69) is 0 Å². The Bertz CT molecular complexity index is 835. The summed E-state index contributed by atoms with van der Waals surface area (Å²) in [5.41, 5.74) is 6.99. The third-order valence-electron chi connectivity index (χ3n) is 3.42. The van der Waals surface area contributed by atoms with Crippen molar-refractivity contribution >= 4 is 34.0 Å². The zero-order valence-corrected chi connectivity index (χ0v) is 13.2. The van der Waals surface area contributed by atoms with Crippen LogP contribution in [0.4, 0.5) is 5.69 Å². The lowest BCUT2D eigenvalue weighted by Gasteiger charge is -2.02. The van der Waals surface area contributed by atoms with Crippen molar-refractivity contribution in [2.24, 2.45) is 0 Å². The van der Waals surface area contributed by atoms with Crippen LogP contribution in [0.3, 0.4) is 0 Å². The van der Waals surface area contributed by atoms with Gasteiger partial charge in [-0.3, -0.25) is 0 Å². The molecule has 23 heavy (non-hydrogen) atoms. The van der Waals surface area contributed by atoms with Crippen LogP contribution in [-0.2, 0) is 0 Å². The van der Waals surface area contributed by atoms with Gasteiger partial charge in [0.2, 0.25) is 0 Å². The fourth-order valence-electron chi connectivity index (χ4n) is 2.01. The number of hydrogen-bond acceptors (Lipinski definition) is 3. The monoisotopic (exact) mass is 329 g/mol. The van der Waals surface area contributed by atoms with E-state index in [0.29, 0.717) is 21.8 Å². The molecule has 118 valence electrons.